The molecule has 1 fully saturated rings. The predicted molar refractivity (Wildman–Crippen MR) is 130 cm³/mol. The van der Waals surface area contributed by atoms with Crippen LogP contribution >= 0.6 is 39.1 Å². The van der Waals surface area contributed by atoms with E-state index in [9.17, 15) is 14.4 Å². The summed E-state index contributed by atoms with van der Waals surface area (Å²) in [6.45, 7) is 0.227. The molecule has 33 heavy (non-hydrogen) atoms. The number of halogens is 3. The third kappa shape index (κ3) is 5.11. The van der Waals surface area contributed by atoms with Gasteiger partial charge in [0.05, 0.1) is 10.7 Å². The number of hydrogen-bond acceptors (Lipinski definition) is 4. The second kappa shape index (κ2) is 9.79. The number of carbonyl (C=O) groups excluding carboxylic acids is 3. The summed E-state index contributed by atoms with van der Waals surface area (Å²) in [6.07, 6.45) is 1.37. The molecular weight excluding hydrogens is 531 g/mol. The quantitative estimate of drug-likeness (QED) is 0.315. The summed E-state index contributed by atoms with van der Waals surface area (Å²) < 4.78 is 6.54. The highest BCUT2D eigenvalue weighted by molar-refractivity contribution is 9.10. The SMILES string of the molecule is O=C1NC(=O)N(c2ccc(Br)cc2)C(=O)/C1=C/c1ccc(OCc2ccccc2Cl)c(Cl)c1. The standard InChI is InChI=1S/C24H15BrCl2N2O4/c25-16-6-8-17(9-7-16)29-23(31)18(22(30)28-24(29)32)11-14-5-10-21(20(27)12-14)33-13-15-3-1-2-4-19(15)26/h1-12H,13H2,(H,28,30,32)/b18-11+. The lowest BCUT2D eigenvalue weighted by molar-refractivity contribution is -0.122. The van der Waals surface area contributed by atoms with Crippen molar-refractivity contribution in [1.29, 1.82) is 0 Å². The second-order valence-electron chi connectivity index (χ2n) is 7.00. The van der Waals surface area contributed by atoms with Crippen molar-refractivity contribution in [3.05, 3.63) is 97.9 Å². The molecule has 0 aliphatic carbocycles. The number of amides is 4. The van der Waals surface area contributed by atoms with E-state index in [0.29, 0.717) is 27.0 Å². The Hall–Kier alpha value is -3.13. The molecule has 1 aliphatic rings. The molecule has 1 heterocycles. The molecule has 4 amide bonds. The zero-order chi connectivity index (χ0) is 23.5. The number of benzene rings is 3. The number of ether oxygens (including phenoxy) is 1. The smallest absolute Gasteiger partial charge is 0.335 e. The van der Waals surface area contributed by atoms with Crippen molar-refractivity contribution in [2.75, 3.05) is 4.90 Å². The molecule has 1 saturated heterocycles. The monoisotopic (exact) mass is 544 g/mol. The number of nitrogens with one attached hydrogen (secondary N) is 1. The molecule has 0 spiro atoms. The summed E-state index contributed by atoms with van der Waals surface area (Å²) in [4.78, 5) is 38.5. The van der Waals surface area contributed by atoms with E-state index in [-0.39, 0.29) is 12.2 Å². The number of rotatable bonds is 5. The third-order valence-electron chi connectivity index (χ3n) is 4.79. The normalized spacial score (nSPS) is 15.1. The van der Waals surface area contributed by atoms with Crippen LogP contribution in [0.1, 0.15) is 11.1 Å². The maximum atomic E-state index is 13.0. The number of imide groups is 2. The van der Waals surface area contributed by atoms with Gasteiger partial charge < -0.3 is 4.74 Å². The van der Waals surface area contributed by atoms with Gasteiger partial charge in [0.15, 0.2) is 0 Å². The Morgan fingerprint density at radius 1 is 0.939 bits per heavy atom. The Morgan fingerprint density at radius 2 is 1.67 bits per heavy atom. The van der Waals surface area contributed by atoms with Gasteiger partial charge in [-0.25, -0.2) is 9.69 Å². The lowest BCUT2D eigenvalue weighted by atomic mass is 10.1. The second-order valence-corrected chi connectivity index (χ2v) is 8.73. The van der Waals surface area contributed by atoms with Gasteiger partial charge in [-0.3, -0.25) is 14.9 Å². The van der Waals surface area contributed by atoms with E-state index in [1.807, 2.05) is 18.2 Å². The molecule has 3 aromatic carbocycles. The van der Waals surface area contributed by atoms with Crippen LogP contribution in [0.5, 0.6) is 5.75 Å². The van der Waals surface area contributed by atoms with E-state index < -0.39 is 17.8 Å². The van der Waals surface area contributed by atoms with Gasteiger partial charge >= 0.3 is 6.03 Å². The van der Waals surface area contributed by atoms with Crippen molar-refractivity contribution >= 4 is 68.7 Å². The number of anilines is 1. The van der Waals surface area contributed by atoms with Gasteiger partial charge in [-0.2, -0.15) is 0 Å². The molecule has 0 radical (unpaired) electrons. The minimum absolute atomic E-state index is 0.196. The third-order valence-corrected chi connectivity index (χ3v) is 5.99. The van der Waals surface area contributed by atoms with Gasteiger partial charge in [0.25, 0.3) is 11.8 Å². The van der Waals surface area contributed by atoms with Crippen LogP contribution < -0.4 is 15.0 Å². The molecule has 0 unspecified atom stereocenters. The predicted octanol–water partition coefficient (Wildman–Crippen LogP) is 6.00. The molecule has 166 valence electrons. The van der Waals surface area contributed by atoms with E-state index in [4.69, 9.17) is 27.9 Å². The summed E-state index contributed by atoms with van der Waals surface area (Å²) >= 11 is 15.8. The molecule has 3 aromatic rings. The summed E-state index contributed by atoms with van der Waals surface area (Å²) in [5.74, 6) is -1.10. The molecule has 0 aromatic heterocycles. The van der Waals surface area contributed by atoms with Crippen LogP contribution in [-0.4, -0.2) is 17.8 Å². The van der Waals surface area contributed by atoms with Crippen LogP contribution in [0.15, 0.2) is 76.8 Å². The fraction of sp³-hybridized carbons (Fsp3) is 0.0417. The van der Waals surface area contributed by atoms with Gasteiger partial charge in [0.1, 0.15) is 17.9 Å². The first kappa shape index (κ1) is 23.0. The molecule has 9 heteroatoms. The van der Waals surface area contributed by atoms with E-state index in [0.717, 1.165) is 14.9 Å². The number of urea groups is 1. The number of nitrogens with zero attached hydrogens (tertiary/aromatic N) is 1. The molecular formula is C24H15BrCl2N2O4. The Labute approximate surface area is 207 Å². The van der Waals surface area contributed by atoms with Gasteiger partial charge in [-0.1, -0.05) is 63.4 Å². The maximum Gasteiger partial charge on any atom is 0.335 e. The van der Waals surface area contributed by atoms with Gasteiger partial charge in [-0.15, -0.1) is 0 Å². The van der Waals surface area contributed by atoms with Crippen LogP contribution in [0.25, 0.3) is 6.08 Å². The highest BCUT2D eigenvalue weighted by Crippen LogP contribution is 2.29. The summed E-state index contributed by atoms with van der Waals surface area (Å²) in [5, 5.41) is 3.07. The average Bonchev–Trinajstić information content (AvgIpc) is 2.78. The van der Waals surface area contributed by atoms with E-state index >= 15 is 0 Å². The Bertz CT molecular complexity index is 1290. The van der Waals surface area contributed by atoms with Crippen molar-refractivity contribution in [2.45, 2.75) is 6.61 Å². The maximum absolute atomic E-state index is 13.0. The minimum Gasteiger partial charge on any atom is -0.487 e. The van der Waals surface area contributed by atoms with E-state index in [1.54, 1.807) is 48.5 Å². The van der Waals surface area contributed by atoms with E-state index in [2.05, 4.69) is 21.2 Å². The first-order chi connectivity index (χ1) is 15.8. The molecule has 1 aliphatic heterocycles. The average molecular weight is 546 g/mol. The summed E-state index contributed by atoms with van der Waals surface area (Å²) in [6, 6.07) is 17.9. The van der Waals surface area contributed by atoms with Crippen LogP contribution in [0.2, 0.25) is 10.0 Å². The van der Waals surface area contributed by atoms with Crippen molar-refractivity contribution in [3.63, 3.8) is 0 Å². The fourth-order valence-electron chi connectivity index (χ4n) is 3.14. The lowest BCUT2D eigenvalue weighted by Crippen LogP contribution is -2.54. The highest BCUT2D eigenvalue weighted by atomic mass is 79.9. The molecule has 6 nitrogen and oxygen atoms in total. The van der Waals surface area contributed by atoms with Crippen molar-refractivity contribution in [2.24, 2.45) is 0 Å². The number of hydrogen-bond donors (Lipinski definition) is 1. The van der Waals surface area contributed by atoms with Crippen molar-refractivity contribution in [1.82, 2.24) is 5.32 Å². The summed E-state index contributed by atoms with van der Waals surface area (Å²) in [7, 11) is 0. The number of carbonyl (C=O) groups is 3. The van der Waals surface area contributed by atoms with Crippen LogP contribution in [0.4, 0.5) is 10.5 Å². The molecule has 1 N–H and O–H groups in total. The van der Waals surface area contributed by atoms with Crippen molar-refractivity contribution in [3.8, 4) is 5.75 Å². The molecule has 0 bridgehead atoms. The van der Waals surface area contributed by atoms with Crippen molar-refractivity contribution < 1.29 is 19.1 Å². The minimum atomic E-state index is -0.814. The summed E-state index contributed by atoms with van der Waals surface area (Å²) in [5.41, 5.74) is 1.44. The number of barbiturate groups is 1. The molecule has 4 rings (SSSR count). The van der Waals surface area contributed by atoms with Gasteiger partial charge in [-0.05, 0) is 54.1 Å². The highest BCUT2D eigenvalue weighted by Gasteiger charge is 2.36. The lowest BCUT2D eigenvalue weighted by Gasteiger charge is -2.26. The Balaban J connectivity index is 1.57. The zero-order valence-corrected chi connectivity index (χ0v) is 19.9. The Morgan fingerprint density at radius 3 is 2.36 bits per heavy atom. The van der Waals surface area contributed by atoms with Crippen LogP contribution in [0, 0.1) is 0 Å². The van der Waals surface area contributed by atoms with Crippen LogP contribution in [-0.2, 0) is 16.2 Å². The Kier molecular flexibility index (Phi) is 6.83. The molecule has 0 atom stereocenters. The van der Waals surface area contributed by atoms with Gasteiger partial charge in [0.2, 0.25) is 0 Å². The van der Waals surface area contributed by atoms with E-state index in [1.165, 1.54) is 6.08 Å². The molecule has 0 saturated carbocycles. The zero-order valence-electron chi connectivity index (χ0n) is 16.8. The fourth-order valence-corrected chi connectivity index (χ4v) is 3.84. The van der Waals surface area contributed by atoms with Crippen LogP contribution in [0.3, 0.4) is 0 Å². The first-order valence-electron chi connectivity index (χ1n) is 9.66. The largest absolute Gasteiger partial charge is 0.487 e. The first-order valence-corrected chi connectivity index (χ1v) is 11.2. The topological polar surface area (TPSA) is 75.7 Å². The van der Waals surface area contributed by atoms with Gasteiger partial charge in [0, 0.05) is 15.1 Å².